The molecule has 5 heteroatoms. The van der Waals surface area contributed by atoms with Crippen molar-refractivity contribution >= 4 is 12.0 Å². The lowest BCUT2D eigenvalue weighted by molar-refractivity contribution is -0.126. The molecule has 2 aliphatic heterocycles. The second-order valence-corrected chi connectivity index (χ2v) is 6.45. The van der Waals surface area contributed by atoms with Gasteiger partial charge in [0.2, 0.25) is 5.91 Å². The smallest absolute Gasteiger partial charge is 0.247 e. The number of nitrogens with zero attached hydrogens (tertiary/aromatic N) is 1. The zero-order valence-corrected chi connectivity index (χ0v) is 14.4. The second kappa shape index (κ2) is 7.20. The normalized spacial score (nSPS) is 19.1. The summed E-state index contributed by atoms with van der Waals surface area (Å²) in [4.78, 5) is 14.5. The third-order valence-electron chi connectivity index (χ3n) is 4.80. The van der Waals surface area contributed by atoms with E-state index in [9.17, 15) is 9.18 Å². The third kappa shape index (κ3) is 3.29. The van der Waals surface area contributed by atoms with E-state index in [1.54, 1.807) is 18.2 Å². The van der Waals surface area contributed by atoms with Crippen molar-refractivity contribution in [1.82, 2.24) is 4.90 Å². The average molecular weight is 353 g/mol. The Morgan fingerprint density at radius 3 is 2.77 bits per heavy atom. The minimum Gasteiger partial charge on any atom is -0.486 e. The van der Waals surface area contributed by atoms with Crippen molar-refractivity contribution in [3.05, 3.63) is 65.5 Å². The molecule has 0 spiro atoms. The number of amides is 1. The van der Waals surface area contributed by atoms with Crippen LogP contribution in [-0.4, -0.2) is 30.6 Å². The average Bonchev–Trinajstić information content (AvgIpc) is 3.17. The minimum atomic E-state index is -0.332. The molecule has 2 aliphatic rings. The van der Waals surface area contributed by atoms with E-state index in [1.807, 2.05) is 23.1 Å². The maximum Gasteiger partial charge on any atom is 0.247 e. The van der Waals surface area contributed by atoms with Crippen molar-refractivity contribution in [2.45, 2.75) is 18.9 Å². The number of likely N-dealkylation sites (tertiary alicyclic amines) is 1. The third-order valence-corrected chi connectivity index (χ3v) is 4.80. The number of fused-ring (bicyclic) bond motifs is 1. The van der Waals surface area contributed by atoms with Crippen LogP contribution in [0.2, 0.25) is 0 Å². The fraction of sp³-hybridized carbons (Fsp3) is 0.286. The molecule has 4 nitrogen and oxygen atoms in total. The number of hydrogen-bond donors (Lipinski definition) is 0. The minimum absolute atomic E-state index is 0.00333. The van der Waals surface area contributed by atoms with Gasteiger partial charge in [-0.15, -0.1) is 0 Å². The van der Waals surface area contributed by atoms with Gasteiger partial charge in [0.15, 0.2) is 11.5 Å². The van der Waals surface area contributed by atoms with Gasteiger partial charge in [-0.3, -0.25) is 4.79 Å². The lowest BCUT2D eigenvalue weighted by Gasteiger charge is -2.26. The fourth-order valence-electron chi connectivity index (χ4n) is 3.51. The summed E-state index contributed by atoms with van der Waals surface area (Å²) in [5, 5.41) is 0. The Balaban J connectivity index is 1.53. The van der Waals surface area contributed by atoms with Crippen molar-refractivity contribution in [3.8, 4) is 11.5 Å². The first kappa shape index (κ1) is 16.6. The van der Waals surface area contributed by atoms with Gasteiger partial charge in [-0.2, -0.15) is 0 Å². The van der Waals surface area contributed by atoms with Crippen molar-refractivity contribution in [1.29, 1.82) is 0 Å². The maximum absolute atomic E-state index is 13.7. The van der Waals surface area contributed by atoms with E-state index in [0.717, 1.165) is 29.9 Å². The zero-order valence-electron chi connectivity index (χ0n) is 14.4. The topological polar surface area (TPSA) is 38.8 Å². The zero-order chi connectivity index (χ0) is 17.9. The van der Waals surface area contributed by atoms with Gasteiger partial charge in [0.05, 0.1) is 6.04 Å². The van der Waals surface area contributed by atoms with Crippen LogP contribution in [0.25, 0.3) is 6.08 Å². The molecule has 1 unspecified atom stereocenters. The Morgan fingerprint density at radius 1 is 1.12 bits per heavy atom. The second-order valence-electron chi connectivity index (χ2n) is 6.45. The Kier molecular flexibility index (Phi) is 4.61. The van der Waals surface area contributed by atoms with E-state index in [-0.39, 0.29) is 17.8 Å². The Bertz CT molecular complexity index is 849. The first-order chi connectivity index (χ1) is 12.7. The van der Waals surface area contributed by atoms with E-state index < -0.39 is 0 Å². The molecule has 1 saturated heterocycles. The van der Waals surface area contributed by atoms with E-state index in [0.29, 0.717) is 25.3 Å². The quantitative estimate of drug-likeness (QED) is 0.784. The van der Waals surface area contributed by atoms with Crippen molar-refractivity contribution < 1.29 is 18.7 Å². The molecule has 1 amide bonds. The van der Waals surface area contributed by atoms with Crippen LogP contribution < -0.4 is 9.47 Å². The molecular weight excluding hydrogens is 333 g/mol. The molecule has 1 fully saturated rings. The fourth-order valence-corrected chi connectivity index (χ4v) is 3.51. The van der Waals surface area contributed by atoms with Crippen LogP contribution in [0.15, 0.2) is 48.5 Å². The SMILES string of the molecule is O=C(C=Cc1ccccc1F)N1CCCC1c1ccc2c(c1)OCCO2. The van der Waals surface area contributed by atoms with Crippen LogP contribution in [0.4, 0.5) is 4.39 Å². The number of benzene rings is 2. The van der Waals surface area contributed by atoms with E-state index in [2.05, 4.69) is 0 Å². The molecule has 4 rings (SSSR count). The molecule has 2 aromatic rings. The summed E-state index contributed by atoms with van der Waals surface area (Å²) >= 11 is 0. The molecule has 2 aromatic carbocycles. The van der Waals surface area contributed by atoms with Gasteiger partial charge in [-0.1, -0.05) is 24.3 Å². The highest BCUT2D eigenvalue weighted by Crippen LogP contribution is 2.38. The van der Waals surface area contributed by atoms with Crippen molar-refractivity contribution in [2.24, 2.45) is 0 Å². The molecule has 1 atom stereocenters. The molecule has 0 saturated carbocycles. The maximum atomic E-state index is 13.7. The number of hydrogen-bond acceptors (Lipinski definition) is 3. The van der Waals surface area contributed by atoms with Gasteiger partial charge in [0.25, 0.3) is 0 Å². The molecule has 0 aliphatic carbocycles. The highest BCUT2D eigenvalue weighted by atomic mass is 19.1. The standard InChI is InChI=1S/C21H20FNO3/c22-17-5-2-1-4-15(17)8-10-21(24)23-11-3-6-18(23)16-7-9-19-20(14-16)26-13-12-25-19/h1-2,4-5,7-10,14,18H,3,6,11-13H2. The van der Waals surface area contributed by atoms with Gasteiger partial charge in [-0.25, -0.2) is 4.39 Å². The largest absolute Gasteiger partial charge is 0.486 e. The number of carbonyl (C=O) groups excluding carboxylic acids is 1. The summed E-state index contributed by atoms with van der Waals surface area (Å²) < 4.78 is 24.9. The Morgan fingerprint density at radius 2 is 1.92 bits per heavy atom. The monoisotopic (exact) mass is 353 g/mol. The summed E-state index contributed by atoms with van der Waals surface area (Å²) in [7, 11) is 0. The molecule has 2 heterocycles. The summed E-state index contributed by atoms with van der Waals surface area (Å²) in [5.41, 5.74) is 1.45. The number of ether oxygens (including phenoxy) is 2. The molecule has 134 valence electrons. The van der Waals surface area contributed by atoms with E-state index >= 15 is 0 Å². The van der Waals surface area contributed by atoms with Gasteiger partial charge in [-0.05, 0) is 42.7 Å². The highest BCUT2D eigenvalue weighted by molar-refractivity contribution is 5.92. The predicted octanol–water partition coefficient (Wildman–Crippen LogP) is 3.97. The first-order valence-electron chi connectivity index (χ1n) is 8.85. The van der Waals surface area contributed by atoms with E-state index in [1.165, 1.54) is 18.2 Å². The Labute approximate surface area is 151 Å². The number of carbonyl (C=O) groups is 1. The lowest BCUT2D eigenvalue weighted by atomic mass is 10.0. The van der Waals surface area contributed by atoms with Gasteiger partial charge in [0.1, 0.15) is 19.0 Å². The van der Waals surface area contributed by atoms with Gasteiger partial charge < -0.3 is 14.4 Å². The molecule has 0 aromatic heterocycles. The van der Waals surface area contributed by atoms with Crippen LogP contribution in [-0.2, 0) is 4.79 Å². The number of rotatable bonds is 3. The summed E-state index contributed by atoms with van der Waals surface area (Å²) in [5.74, 6) is 1.04. The highest BCUT2D eigenvalue weighted by Gasteiger charge is 2.29. The predicted molar refractivity (Wildman–Crippen MR) is 96.6 cm³/mol. The summed E-state index contributed by atoms with van der Waals surface area (Å²) in [6.07, 6.45) is 4.84. The molecule has 0 bridgehead atoms. The lowest BCUT2D eigenvalue weighted by Crippen LogP contribution is -2.29. The summed E-state index contributed by atoms with van der Waals surface area (Å²) in [6.45, 7) is 1.79. The van der Waals surface area contributed by atoms with Crippen LogP contribution in [0.3, 0.4) is 0 Å². The first-order valence-corrected chi connectivity index (χ1v) is 8.85. The van der Waals surface area contributed by atoms with Crippen LogP contribution in [0.5, 0.6) is 11.5 Å². The van der Waals surface area contributed by atoms with Gasteiger partial charge in [0, 0.05) is 18.2 Å². The van der Waals surface area contributed by atoms with Crippen LogP contribution >= 0.6 is 0 Å². The van der Waals surface area contributed by atoms with Gasteiger partial charge >= 0.3 is 0 Å². The molecule has 26 heavy (non-hydrogen) atoms. The van der Waals surface area contributed by atoms with Crippen LogP contribution in [0, 0.1) is 5.82 Å². The van der Waals surface area contributed by atoms with Crippen molar-refractivity contribution in [3.63, 3.8) is 0 Å². The van der Waals surface area contributed by atoms with Crippen LogP contribution in [0.1, 0.15) is 30.0 Å². The number of halogens is 1. The summed E-state index contributed by atoms with van der Waals surface area (Å²) in [6, 6.07) is 12.3. The van der Waals surface area contributed by atoms with E-state index in [4.69, 9.17) is 9.47 Å². The molecule has 0 N–H and O–H groups in total. The Hall–Kier alpha value is -2.82. The molecule has 0 radical (unpaired) electrons. The van der Waals surface area contributed by atoms with Crippen molar-refractivity contribution in [2.75, 3.05) is 19.8 Å². The molecular formula is C21H20FNO3.